The van der Waals surface area contributed by atoms with Gasteiger partial charge in [-0.05, 0) is 35.8 Å². The van der Waals surface area contributed by atoms with Crippen molar-refractivity contribution in [2.45, 2.75) is 10.1 Å². The second-order valence-corrected chi connectivity index (χ2v) is 6.78. The van der Waals surface area contributed by atoms with Gasteiger partial charge < -0.3 is 0 Å². The molecule has 0 bridgehead atoms. The third-order valence-electron chi connectivity index (χ3n) is 3.42. The van der Waals surface area contributed by atoms with Crippen LogP contribution in [0, 0.1) is 0 Å². The third-order valence-corrected chi connectivity index (χ3v) is 5.18. The fourth-order valence-electron chi connectivity index (χ4n) is 2.28. The van der Waals surface area contributed by atoms with E-state index in [1.165, 1.54) is 16.0 Å². The molecule has 0 nitrogen and oxygen atoms in total. The van der Waals surface area contributed by atoms with Crippen molar-refractivity contribution in [3.8, 4) is 0 Å². The minimum Gasteiger partial charge on any atom is -0.152 e. The van der Waals surface area contributed by atoms with E-state index in [9.17, 15) is 0 Å². The molecular formula is C21H22S2. The molecule has 0 heterocycles. The maximum Gasteiger partial charge on any atom is 0.0543 e. The molecular weight excluding hydrogens is 316 g/mol. The van der Waals surface area contributed by atoms with Gasteiger partial charge in [0.2, 0.25) is 0 Å². The van der Waals surface area contributed by atoms with Crippen molar-refractivity contribution >= 4 is 23.5 Å². The first-order chi connectivity index (χ1) is 11.3. The first-order valence-electron chi connectivity index (χ1n) is 7.57. The molecule has 3 aromatic rings. The molecule has 0 aromatic heterocycles. The first kappa shape index (κ1) is 17.7. The van der Waals surface area contributed by atoms with Crippen LogP contribution in [0.4, 0.5) is 0 Å². The van der Waals surface area contributed by atoms with Gasteiger partial charge in [0.25, 0.3) is 0 Å². The van der Waals surface area contributed by atoms with Gasteiger partial charge in [0.05, 0.1) is 5.25 Å². The molecule has 0 aliphatic rings. The van der Waals surface area contributed by atoms with Crippen LogP contribution in [-0.2, 0) is 0 Å². The highest BCUT2D eigenvalue weighted by atomic mass is 32.2. The van der Waals surface area contributed by atoms with Gasteiger partial charge >= 0.3 is 0 Å². The van der Waals surface area contributed by atoms with E-state index in [0.29, 0.717) is 5.25 Å². The molecule has 0 saturated carbocycles. The lowest BCUT2D eigenvalue weighted by atomic mass is 10.0. The molecule has 0 saturated heterocycles. The molecule has 0 spiro atoms. The monoisotopic (exact) mass is 338 g/mol. The van der Waals surface area contributed by atoms with Gasteiger partial charge in [0, 0.05) is 4.90 Å². The van der Waals surface area contributed by atoms with Gasteiger partial charge in [0.15, 0.2) is 0 Å². The van der Waals surface area contributed by atoms with Crippen LogP contribution >= 0.6 is 23.5 Å². The van der Waals surface area contributed by atoms with E-state index >= 15 is 0 Å². The van der Waals surface area contributed by atoms with Crippen LogP contribution < -0.4 is 0 Å². The second kappa shape index (κ2) is 10.2. The van der Waals surface area contributed by atoms with E-state index < -0.39 is 0 Å². The molecule has 0 unspecified atom stereocenters. The van der Waals surface area contributed by atoms with E-state index in [1.54, 1.807) is 11.8 Å². The molecule has 0 aliphatic heterocycles. The summed E-state index contributed by atoms with van der Waals surface area (Å²) in [7, 11) is 0. The van der Waals surface area contributed by atoms with E-state index in [4.69, 9.17) is 0 Å². The summed E-state index contributed by atoms with van der Waals surface area (Å²) in [4.78, 5) is 1.33. The lowest BCUT2D eigenvalue weighted by Crippen LogP contribution is -1.94. The van der Waals surface area contributed by atoms with Crippen LogP contribution in [0.5, 0.6) is 0 Å². The zero-order chi connectivity index (χ0) is 16.3. The molecule has 0 radical (unpaired) electrons. The van der Waals surface area contributed by atoms with Crippen LogP contribution in [-0.4, -0.2) is 12.5 Å². The Morgan fingerprint density at radius 2 is 0.957 bits per heavy atom. The molecule has 0 amide bonds. The number of thioether (sulfide) groups is 2. The quantitative estimate of drug-likeness (QED) is 0.495. The number of benzene rings is 3. The minimum absolute atomic E-state index is 0.451. The van der Waals surface area contributed by atoms with Gasteiger partial charge in [-0.3, -0.25) is 0 Å². The lowest BCUT2D eigenvalue weighted by molar-refractivity contribution is 1.16. The highest BCUT2D eigenvalue weighted by molar-refractivity contribution is 7.99. The molecule has 0 N–H and O–H groups in total. The zero-order valence-electron chi connectivity index (χ0n) is 13.6. The van der Waals surface area contributed by atoms with Crippen LogP contribution in [0.1, 0.15) is 16.4 Å². The van der Waals surface area contributed by atoms with Crippen LogP contribution in [0.15, 0.2) is 95.9 Å². The largest absolute Gasteiger partial charge is 0.152 e. The molecule has 0 aliphatic carbocycles. The smallest absolute Gasteiger partial charge is 0.0543 e. The maximum atomic E-state index is 2.19. The summed E-state index contributed by atoms with van der Waals surface area (Å²) >= 11 is 3.64. The Morgan fingerprint density at radius 1 is 0.565 bits per heavy atom. The van der Waals surface area contributed by atoms with Gasteiger partial charge in [-0.1, -0.05) is 78.9 Å². The molecule has 23 heavy (non-hydrogen) atoms. The second-order valence-electron chi connectivity index (χ2n) is 4.95. The molecule has 118 valence electrons. The summed E-state index contributed by atoms with van der Waals surface area (Å²) in [5.74, 6) is 0. The van der Waals surface area contributed by atoms with Crippen molar-refractivity contribution in [1.82, 2.24) is 0 Å². The van der Waals surface area contributed by atoms with E-state index in [1.807, 2.05) is 30.0 Å². The molecule has 3 aromatic carbocycles. The van der Waals surface area contributed by atoms with Crippen LogP contribution in [0.3, 0.4) is 0 Å². The number of hydrogen-bond donors (Lipinski definition) is 0. The van der Waals surface area contributed by atoms with Crippen molar-refractivity contribution in [2.24, 2.45) is 0 Å². The van der Waals surface area contributed by atoms with Crippen molar-refractivity contribution < 1.29 is 0 Å². The van der Waals surface area contributed by atoms with Crippen LogP contribution in [0.2, 0.25) is 0 Å². The Bertz CT molecular complexity index is 612. The molecule has 2 heteroatoms. The van der Waals surface area contributed by atoms with Gasteiger partial charge in [-0.25, -0.2) is 0 Å². The van der Waals surface area contributed by atoms with Gasteiger partial charge in [-0.15, -0.1) is 11.8 Å². The molecule has 3 rings (SSSR count). The summed E-state index contributed by atoms with van der Waals surface area (Å²) in [5, 5.41) is 0.451. The minimum atomic E-state index is 0.451. The fourth-order valence-corrected chi connectivity index (χ4v) is 3.56. The van der Waals surface area contributed by atoms with E-state index in [-0.39, 0.29) is 0 Å². The summed E-state index contributed by atoms with van der Waals surface area (Å²) in [6.45, 7) is 0. The normalized spacial score (nSPS) is 10.0. The average molecular weight is 339 g/mol. The van der Waals surface area contributed by atoms with Gasteiger partial charge in [-0.2, -0.15) is 11.8 Å². The summed E-state index contributed by atoms with van der Waals surface area (Å²) < 4.78 is 0. The van der Waals surface area contributed by atoms with Crippen molar-refractivity contribution in [3.05, 3.63) is 102 Å². The standard InChI is InChI=1S/C14H14S.C7H8S/c1-15-14(12-8-4-2-5-9-12)13-10-6-3-7-11-13;1-8-7-5-3-2-4-6-7/h2-11,14H,1H3;2-6H,1H3. The number of hydrogen-bond acceptors (Lipinski definition) is 2. The van der Waals surface area contributed by atoms with Crippen molar-refractivity contribution in [3.63, 3.8) is 0 Å². The SMILES string of the molecule is CSC(c1ccccc1)c1ccccc1.CSc1ccccc1. The first-order valence-corrected chi connectivity index (χ1v) is 10.1. The van der Waals surface area contributed by atoms with E-state index in [2.05, 4.69) is 85.3 Å². The molecule has 0 atom stereocenters. The van der Waals surface area contributed by atoms with Crippen molar-refractivity contribution in [1.29, 1.82) is 0 Å². The maximum absolute atomic E-state index is 2.19. The number of rotatable bonds is 4. The Labute approximate surface area is 148 Å². The summed E-state index contributed by atoms with van der Waals surface area (Å²) in [6.07, 6.45) is 4.24. The third kappa shape index (κ3) is 5.81. The predicted octanol–water partition coefficient (Wildman–Crippen LogP) is 6.55. The topological polar surface area (TPSA) is 0 Å². The van der Waals surface area contributed by atoms with E-state index in [0.717, 1.165) is 0 Å². The van der Waals surface area contributed by atoms with Crippen LogP contribution in [0.25, 0.3) is 0 Å². The highest BCUT2D eigenvalue weighted by Crippen LogP contribution is 2.33. The Hall–Kier alpha value is -1.64. The molecule has 0 fully saturated rings. The fraction of sp³-hybridized carbons (Fsp3) is 0.143. The highest BCUT2D eigenvalue weighted by Gasteiger charge is 2.10. The Kier molecular flexibility index (Phi) is 7.85. The Balaban J connectivity index is 0.000000203. The average Bonchev–Trinajstić information content (AvgIpc) is 2.65. The zero-order valence-corrected chi connectivity index (χ0v) is 15.2. The predicted molar refractivity (Wildman–Crippen MR) is 106 cm³/mol. The van der Waals surface area contributed by atoms with Crippen molar-refractivity contribution in [2.75, 3.05) is 12.5 Å². The Morgan fingerprint density at radius 3 is 1.26 bits per heavy atom. The summed E-state index contributed by atoms with van der Waals surface area (Å²) in [6, 6.07) is 31.6. The lowest BCUT2D eigenvalue weighted by Gasteiger charge is -2.14. The summed E-state index contributed by atoms with van der Waals surface area (Å²) in [5.41, 5.74) is 2.74. The van der Waals surface area contributed by atoms with Gasteiger partial charge in [0.1, 0.15) is 0 Å².